The summed E-state index contributed by atoms with van der Waals surface area (Å²) in [6.45, 7) is 0. The Balaban J connectivity index is 2.01. The molecule has 0 spiro atoms. The van der Waals surface area contributed by atoms with Gasteiger partial charge in [0, 0.05) is 0 Å². The Bertz CT molecular complexity index is 602. The van der Waals surface area contributed by atoms with E-state index in [0.29, 0.717) is 0 Å². The Kier molecular flexibility index (Phi) is 3.36. The number of hydrogen-bond acceptors (Lipinski definition) is 12. The molecule has 2 aromatic heterocycles. The number of nitro groups is 2. The lowest BCUT2D eigenvalue weighted by atomic mass is 11.0. The average molecular weight is 284 g/mol. The predicted octanol–water partition coefficient (Wildman–Crippen LogP) is 1.26. The molecule has 0 aliphatic carbocycles. The molecule has 16 heteroatoms. The van der Waals surface area contributed by atoms with Crippen molar-refractivity contribution in [3.63, 3.8) is 0 Å². The fraction of sp³-hybridized carbons (Fsp3) is 0. The van der Waals surface area contributed by atoms with E-state index in [1.807, 2.05) is 0 Å². The summed E-state index contributed by atoms with van der Waals surface area (Å²) in [7, 11) is 0. The van der Waals surface area contributed by atoms with Crippen LogP contribution in [0.5, 0.6) is 0 Å². The molecule has 0 bridgehead atoms. The maximum atomic E-state index is 10.0. The SMILES string of the molecule is O=[N+]([O-])[N-]c1nc(/N=N/c2noc([N-][N+](=O)[O-])n2)no1. The third kappa shape index (κ3) is 3.38. The highest BCUT2D eigenvalue weighted by Gasteiger charge is 2.01. The number of hydrogen-bond donors (Lipinski definition) is 0. The lowest BCUT2D eigenvalue weighted by Gasteiger charge is -1.93. The highest BCUT2D eigenvalue weighted by atomic mass is 16.7. The van der Waals surface area contributed by atoms with Crippen LogP contribution in [-0.2, 0) is 0 Å². The van der Waals surface area contributed by atoms with Crippen molar-refractivity contribution in [2.45, 2.75) is 0 Å². The van der Waals surface area contributed by atoms with Crippen LogP contribution in [0, 0.1) is 20.2 Å². The van der Waals surface area contributed by atoms with Crippen molar-refractivity contribution in [1.82, 2.24) is 20.3 Å². The van der Waals surface area contributed by atoms with Gasteiger partial charge in [-0.2, -0.15) is 0 Å². The summed E-state index contributed by atoms with van der Waals surface area (Å²) in [6.07, 6.45) is 0. The monoisotopic (exact) mass is 284 g/mol. The van der Waals surface area contributed by atoms with Crippen LogP contribution in [-0.4, -0.2) is 30.3 Å². The van der Waals surface area contributed by atoms with E-state index in [0.717, 1.165) is 0 Å². The van der Waals surface area contributed by atoms with Crippen molar-refractivity contribution >= 4 is 23.9 Å². The van der Waals surface area contributed by atoms with E-state index in [4.69, 9.17) is 0 Å². The molecule has 16 nitrogen and oxygen atoms in total. The fourth-order valence-electron chi connectivity index (χ4n) is 0.808. The first kappa shape index (κ1) is 12.7. The second kappa shape index (κ2) is 5.29. The Morgan fingerprint density at radius 2 is 1.30 bits per heavy atom. The zero-order chi connectivity index (χ0) is 14.5. The lowest BCUT2D eigenvalue weighted by Crippen LogP contribution is -1.85. The summed E-state index contributed by atoms with van der Waals surface area (Å²) in [5, 5.41) is 30.9. The van der Waals surface area contributed by atoms with Crippen LogP contribution in [0.4, 0.5) is 23.9 Å². The molecule has 104 valence electrons. The highest BCUT2D eigenvalue weighted by Crippen LogP contribution is 2.21. The van der Waals surface area contributed by atoms with E-state index in [9.17, 15) is 20.2 Å². The maximum absolute atomic E-state index is 10.0. The van der Waals surface area contributed by atoms with Gasteiger partial charge in [-0.15, -0.1) is 10.2 Å². The fourth-order valence-corrected chi connectivity index (χ4v) is 0.808. The summed E-state index contributed by atoms with van der Waals surface area (Å²) in [5.41, 5.74) is 5.42. The van der Waals surface area contributed by atoms with Crippen molar-refractivity contribution in [3.8, 4) is 0 Å². The molecule has 0 aliphatic heterocycles. The Hall–Kier alpha value is -3.72. The molecule has 2 aromatic rings. The van der Waals surface area contributed by atoms with Crippen LogP contribution in [0.3, 0.4) is 0 Å². The number of nitrogens with zero attached hydrogens (tertiary/aromatic N) is 10. The van der Waals surface area contributed by atoms with Crippen LogP contribution >= 0.6 is 0 Å². The summed E-state index contributed by atoms with van der Waals surface area (Å²) in [4.78, 5) is 26.7. The molecule has 20 heavy (non-hydrogen) atoms. The minimum absolute atomic E-state index is 0.400. The van der Waals surface area contributed by atoms with E-state index in [-0.39, 0.29) is 0 Å². The second-order valence-corrected chi connectivity index (χ2v) is 2.63. The van der Waals surface area contributed by atoms with Crippen molar-refractivity contribution in [3.05, 3.63) is 31.1 Å². The average Bonchev–Trinajstić information content (AvgIpc) is 2.94. The van der Waals surface area contributed by atoms with Crippen LogP contribution in [0.15, 0.2) is 19.3 Å². The zero-order valence-corrected chi connectivity index (χ0v) is 8.92. The van der Waals surface area contributed by atoms with Gasteiger partial charge in [0.2, 0.25) is 23.9 Å². The van der Waals surface area contributed by atoms with E-state index in [1.165, 1.54) is 0 Å². The molecule has 0 amide bonds. The normalized spacial score (nSPS) is 10.6. The molecule has 0 saturated heterocycles. The second-order valence-electron chi connectivity index (χ2n) is 2.63. The minimum Gasteiger partial charge on any atom is -0.360 e. The third-order valence-electron chi connectivity index (χ3n) is 1.37. The molecule has 0 radical (unpaired) electrons. The van der Waals surface area contributed by atoms with Gasteiger partial charge in [0.15, 0.2) is 0 Å². The van der Waals surface area contributed by atoms with Gasteiger partial charge in [-0.25, -0.2) is 0 Å². The predicted molar refractivity (Wildman–Crippen MR) is 52.8 cm³/mol. The van der Waals surface area contributed by atoms with Crippen LogP contribution < -0.4 is 0 Å². The molecule has 2 rings (SSSR count). The molecule has 0 saturated carbocycles. The Morgan fingerprint density at radius 1 is 0.900 bits per heavy atom. The van der Waals surface area contributed by atoms with Gasteiger partial charge in [0.1, 0.15) is 0 Å². The van der Waals surface area contributed by atoms with Crippen LogP contribution in [0.1, 0.15) is 0 Å². The van der Waals surface area contributed by atoms with Crippen molar-refractivity contribution < 1.29 is 19.1 Å². The quantitative estimate of drug-likeness (QED) is 0.419. The van der Waals surface area contributed by atoms with Crippen molar-refractivity contribution in [2.75, 3.05) is 0 Å². The molecule has 0 N–H and O–H groups in total. The largest absolute Gasteiger partial charge is 0.360 e. The molecule has 0 aromatic carbocycles. The number of aromatic nitrogens is 4. The summed E-state index contributed by atoms with van der Waals surface area (Å²) >= 11 is 0. The van der Waals surface area contributed by atoms with Gasteiger partial charge in [-0.3, -0.25) is 20.2 Å². The summed E-state index contributed by atoms with van der Waals surface area (Å²) in [5.74, 6) is -0.800. The number of rotatable bonds is 6. The topological polar surface area (TPSA) is 217 Å². The molecular formula is C4N10O6-2. The first-order valence-electron chi connectivity index (χ1n) is 4.34. The highest BCUT2D eigenvalue weighted by molar-refractivity contribution is 5.29. The van der Waals surface area contributed by atoms with E-state index < -0.39 is 34.0 Å². The van der Waals surface area contributed by atoms with Gasteiger partial charge in [0.05, 0.1) is 10.1 Å². The Labute approximate surface area is 106 Å². The molecule has 0 fully saturated rings. The lowest BCUT2D eigenvalue weighted by molar-refractivity contribution is -0.420. The van der Waals surface area contributed by atoms with Crippen molar-refractivity contribution in [1.29, 1.82) is 0 Å². The number of azo groups is 1. The van der Waals surface area contributed by atoms with Gasteiger partial charge in [-0.1, -0.05) is 21.2 Å². The third-order valence-corrected chi connectivity index (χ3v) is 1.37. The van der Waals surface area contributed by atoms with Crippen molar-refractivity contribution in [2.24, 2.45) is 10.2 Å². The maximum Gasteiger partial charge on any atom is 0.209 e. The summed E-state index contributed by atoms with van der Waals surface area (Å²) in [6, 6.07) is -1.28. The van der Waals surface area contributed by atoms with Crippen LogP contribution in [0.25, 0.3) is 10.9 Å². The van der Waals surface area contributed by atoms with E-state index in [1.54, 1.807) is 0 Å². The van der Waals surface area contributed by atoms with Gasteiger partial charge < -0.3 is 19.0 Å². The molecule has 0 unspecified atom stereocenters. The standard InChI is InChI=1S/C4N10O6/c15-13(16)9-3-5-1(11-19-3)7-8-2-6-4(20-12-2)10-14(17)18/q-2/b8-7+. The molecular weight excluding hydrogens is 284 g/mol. The minimum atomic E-state index is -1.04. The summed E-state index contributed by atoms with van der Waals surface area (Å²) < 4.78 is 8.65. The Morgan fingerprint density at radius 3 is 1.65 bits per heavy atom. The van der Waals surface area contributed by atoms with Crippen LogP contribution in [0.2, 0.25) is 0 Å². The van der Waals surface area contributed by atoms with E-state index in [2.05, 4.69) is 50.4 Å². The molecule has 2 heterocycles. The van der Waals surface area contributed by atoms with Gasteiger partial charge in [0.25, 0.3) is 0 Å². The molecule has 0 aliphatic rings. The van der Waals surface area contributed by atoms with E-state index >= 15 is 0 Å². The van der Waals surface area contributed by atoms with Gasteiger partial charge >= 0.3 is 0 Å². The molecule has 0 atom stereocenters. The first-order chi connectivity index (χ1) is 9.52. The first-order valence-corrected chi connectivity index (χ1v) is 4.34. The van der Waals surface area contributed by atoms with Gasteiger partial charge in [-0.05, 0) is 0 Å². The zero-order valence-electron chi connectivity index (χ0n) is 8.92. The smallest absolute Gasteiger partial charge is 0.209 e.